The summed E-state index contributed by atoms with van der Waals surface area (Å²) < 4.78 is 26.0. The van der Waals surface area contributed by atoms with Crippen LogP contribution in [0, 0.1) is 5.92 Å². The highest BCUT2D eigenvalue weighted by molar-refractivity contribution is 7.89. The largest absolute Gasteiger partial charge is 0.326 e. The molecule has 2 rings (SSSR count). The Hall–Kier alpha value is -0.850. The van der Waals surface area contributed by atoms with Gasteiger partial charge < -0.3 is 4.98 Å². The molecule has 0 bridgehead atoms. The van der Waals surface area contributed by atoms with E-state index in [0.29, 0.717) is 5.92 Å². The molecule has 1 aromatic rings. The van der Waals surface area contributed by atoms with Gasteiger partial charge in [0.05, 0.1) is 4.90 Å². The van der Waals surface area contributed by atoms with Crippen LogP contribution in [0.1, 0.15) is 19.8 Å². The highest BCUT2D eigenvalue weighted by Gasteiger charge is 2.36. The van der Waals surface area contributed by atoms with Gasteiger partial charge in [-0.1, -0.05) is 11.6 Å². The summed E-state index contributed by atoms with van der Waals surface area (Å²) in [6, 6.07) is 1.15. The number of hydrogen-bond acceptors (Lipinski definition) is 3. The quantitative estimate of drug-likeness (QED) is 0.912. The summed E-state index contributed by atoms with van der Waals surface area (Å²) in [5, 5.41) is -0.122. The molecular weight excluding hydrogens is 276 g/mol. The Morgan fingerprint density at radius 2 is 2.11 bits per heavy atom. The highest BCUT2D eigenvalue weighted by Crippen LogP contribution is 2.36. The summed E-state index contributed by atoms with van der Waals surface area (Å²) in [7, 11) is -2.05. The topological polar surface area (TPSA) is 70.2 Å². The Bertz CT molecular complexity index is 607. The molecular formula is C11H15ClN2O3S. The van der Waals surface area contributed by atoms with Gasteiger partial charge in [-0.25, -0.2) is 8.42 Å². The standard InChI is InChI=1S/C11H15ClN2O3S/c1-7(8-3-4-8)14(2)18(16,17)9-5-10(12)11(15)13-6-9/h5-8H,3-4H2,1-2H3,(H,13,15). The van der Waals surface area contributed by atoms with Gasteiger partial charge in [0, 0.05) is 19.3 Å². The first-order valence-corrected chi connectivity index (χ1v) is 7.52. The molecule has 1 atom stereocenters. The number of H-pyrrole nitrogens is 1. The normalized spacial score (nSPS) is 18.0. The van der Waals surface area contributed by atoms with Crippen molar-refractivity contribution in [2.45, 2.75) is 30.7 Å². The van der Waals surface area contributed by atoms with Crippen molar-refractivity contribution in [3.05, 3.63) is 27.6 Å². The summed E-state index contributed by atoms with van der Waals surface area (Å²) in [5.41, 5.74) is -0.492. The lowest BCUT2D eigenvalue weighted by atomic mass is 10.2. The molecule has 1 unspecified atom stereocenters. The number of sulfonamides is 1. The van der Waals surface area contributed by atoms with E-state index < -0.39 is 15.6 Å². The lowest BCUT2D eigenvalue weighted by molar-refractivity contribution is 0.357. The molecule has 1 fully saturated rings. The maximum absolute atomic E-state index is 12.3. The number of hydrogen-bond donors (Lipinski definition) is 1. The van der Waals surface area contributed by atoms with E-state index in [2.05, 4.69) is 4.98 Å². The van der Waals surface area contributed by atoms with Crippen LogP contribution in [0.2, 0.25) is 5.02 Å². The van der Waals surface area contributed by atoms with Crippen molar-refractivity contribution in [2.24, 2.45) is 5.92 Å². The van der Waals surface area contributed by atoms with Crippen molar-refractivity contribution in [3.63, 3.8) is 0 Å². The molecule has 1 aromatic heterocycles. The van der Waals surface area contributed by atoms with E-state index in [1.807, 2.05) is 6.92 Å². The first-order chi connectivity index (χ1) is 8.34. The SMILES string of the molecule is CC(C1CC1)N(C)S(=O)(=O)c1c[nH]c(=O)c(Cl)c1. The number of rotatable bonds is 4. The minimum absolute atomic E-state index is 0.0158. The van der Waals surface area contributed by atoms with Gasteiger partial charge >= 0.3 is 0 Å². The monoisotopic (exact) mass is 290 g/mol. The van der Waals surface area contributed by atoms with Crippen LogP contribution in [0.5, 0.6) is 0 Å². The van der Waals surface area contributed by atoms with E-state index in [4.69, 9.17) is 11.6 Å². The van der Waals surface area contributed by atoms with Crippen molar-refractivity contribution in [1.29, 1.82) is 0 Å². The second kappa shape index (κ2) is 4.68. The van der Waals surface area contributed by atoms with Gasteiger partial charge in [-0.2, -0.15) is 4.31 Å². The fraction of sp³-hybridized carbons (Fsp3) is 0.545. The van der Waals surface area contributed by atoms with Gasteiger partial charge in [-0.15, -0.1) is 0 Å². The van der Waals surface area contributed by atoms with Crippen LogP contribution < -0.4 is 5.56 Å². The Labute approximate surface area is 111 Å². The van der Waals surface area contributed by atoms with Crippen molar-refractivity contribution < 1.29 is 8.42 Å². The molecule has 0 saturated heterocycles. The maximum atomic E-state index is 12.3. The molecule has 0 spiro atoms. The maximum Gasteiger partial charge on any atom is 0.266 e. The van der Waals surface area contributed by atoms with E-state index in [0.717, 1.165) is 12.8 Å². The Morgan fingerprint density at radius 1 is 1.50 bits per heavy atom. The Morgan fingerprint density at radius 3 is 2.61 bits per heavy atom. The molecule has 100 valence electrons. The van der Waals surface area contributed by atoms with E-state index in [1.54, 1.807) is 7.05 Å². The first-order valence-electron chi connectivity index (χ1n) is 5.70. The van der Waals surface area contributed by atoms with Crippen LogP contribution in [0.15, 0.2) is 22.0 Å². The molecule has 1 aliphatic carbocycles. The average molecular weight is 291 g/mol. The van der Waals surface area contributed by atoms with E-state index in [-0.39, 0.29) is 16.0 Å². The molecule has 1 aliphatic rings. The van der Waals surface area contributed by atoms with Crippen molar-refractivity contribution >= 4 is 21.6 Å². The van der Waals surface area contributed by atoms with Gasteiger partial charge in [-0.05, 0) is 31.7 Å². The van der Waals surface area contributed by atoms with E-state index in [1.165, 1.54) is 16.6 Å². The third-order valence-corrected chi connectivity index (χ3v) is 5.59. The van der Waals surface area contributed by atoms with Crippen LogP contribution >= 0.6 is 11.6 Å². The molecule has 18 heavy (non-hydrogen) atoms. The minimum atomic E-state index is -3.60. The molecule has 0 amide bonds. The van der Waals surface area contributed by atoms with Gasteiger partial charge in [0.1, 0.15) is 5.02 Å². The van der Waals surface area contributed by atoms with Gasteiger partial charge in [-0.3, -0.25) is 4.79 Å². The molecule has 5 nitrogen and oxygen atoms in total. The average Bonchev–Trinajstić information content (AvgIpc) is 3.14. The second-order valence-electron chi connectivity index (χ2n) is 4.61. The fourth-order valence-corrected chi connectivity index (χ4v) is 3.50. The van der Waals surface area contributed by atoms with Crippen LogP contribution in [0.25, 0.3) is 0 Å². The summed E-state index contributed by atoms with van der Waals surface area (Å²) in [4.78, 5) is 13.5. The van der Waals surface area contributed by atoms with E-state index in [9.17, 15) is 13.2 Å². The Balaban J connectivity index is 2.34. The molecule has 0 aromatic carbocycles. The zero-order valence-corrected chi connectivity index (χ0v) is 11.8. The predicted molar refractivity (Wildman–Crippen MR) is 69.2 cm³/mol. The van der Waals surface area contributed by atoms with E-state index >= 15 is 0 Å². The van der Waals surface area contributed by atoms with Crippen molar-refractivity contribution in [3.8, 4) is 0 Å². The molecule has 0 radical (unpaired) electrons. The summed E-state index contributed by atoms with van der Waals surface area (Å²) in [6.45, 7) is 1.89. The van der Waals surface area contributed by atoms with Crippen LogP contribution in [0.4, 0.5) is 0 Å². The third kappa shape index (κ3) is 2.46. The summed E-state index contributed by atoms with van der Waals surface area (Å²) in [6.07, 6.45) is 3.31. The van der Waals surface area contributed by atoms with Crippen molar-refractivity contribution in [1.82, 2.24) is 9.29 Å². The second-order valence-corrected chi connectivity index (χ2v) is 7.02. The smallest absolute Gasteiger partial charge is 0.266 e. The van der Waals surface area contributed by atoms with Gasteiger partial charge in [0.15, 0.2) is 0 Å². The van der Waals surface area contributed by atoms with Crippen molar-refractivity contribution in [2.75, 3.05) is 7.05 Å². The third-order valence-electron chi connectivity index (χ3n) is 3.39. The minimum Gasteiger partial charge on any atom is -0.326 e. The first kappa shape index (κ1) is 13.6. The summed E-state index contributed by atoms with van der Waals surface area (Å²) >= 11 is 5.65. The van der Waals surface area contributed by atoms with Crippen LogP contribution in [0.3, 0.4) is 0 Å². The van der Waals surface area contributed by atoms with Gasteiger partial charge in [0.25, 0.3) is 5.56 Å². The Kier molecular flexibility index (Phi) is 3.53. The number of pyridine rings is 1. The lowest BCUT2D eigenvalue weighted by Crippen LogP contribution is -2.36. The van der Waals surface area contributed by atoms with Gasteiger partial charge in [0.2, 0.25) is 10.0 Å². The molecule has 0 aliphatic heterocycles. The lowest BCUT2D eigenvalue weighted by Gasteiger charge is -2.24. The van der Waals surface area contributed by atoms with Crippen LogP contribution in [-0.4, -0.2) is 30.8 Å². The molecule has 1 heterocycles. The fourth-order valence-electron chi connectivity index (χ4n) is 1.85. The zero-order chi connectivity index (χ0) is 13.5. The summed E-state index contributed by atoms with van der Waals surface area (Å²) in [5.74, 6) is 0.433. The van der Waals surface area contributed by atoms with Crippen LogP contribution in [-0.2, 0) is 10.0 Å². The highest BCUT2D eigenvalue weighted by atomic mass is 35.5. The molecule has 1 N–H and O–H groups in total. The number of nitrogens with one attached hydrogen (secondary N) is 1. The number of nitrogens with zero attached hydrogens (tertiary/aromatic N) is 1. The number of aromatic nitrogens is 1. The zero-order valence-electron chi connectivity index (χ0n) is 10.2. The molecule has 1 saturated carbocycles. The predicted octanol–water partition coefficient (Wildman–Crippen LogP) is 1.45. The number of aromatic amines is 1. The number of halogens is 1. The molecule has 7 heteroatoms.